The molecule has 0 fully saturated rings. The molecule has 2 N–H and O–H groups in total. The number of pyridine rings is 1. The van der Waals surface area contributed by atoms with Crippen molar-refractivity contribution >= 4 is 11.3 Å². The lowest BCUT2D eigenvalue weighted by Crippen LogP contribution is -2.14. The molecule has 72 valence electrons. The molecular weight excluding hydrogens is 178 g/mol. The van der Waals surface area contributed by atoms with Crippen LogP contribution in [0.3, 0.4) is 0 Å². The summed E-state index contributed by atoms with van der Waals surface area (Å²) in [6.07, 6.45) is 3.54. The molecule has 4 nitrogen and oxygen atoms in total. The average molecular weight is 189 g/mol. The maximum Gasteiger partial charge on any atom is 0.177 e. The third-order valence-corrected chi connectivity index (χ3v) is 2.22. The third kappa shape index (κ3) is 1.29. The van der Waals surface area contributed by atoms with Crippen LogP contribution in [0.15, 0.2) is 24.5 Å². The summed E-state index contributed by atoms with van der Waals surface area (Å²) in [4.78, 5) is 15.5. The predicted molar refractivity (Wildman–Crippen MR) is 53.3 cm³/mol. The molecule has 0 aliphatic rings. The monoisotopic (exact) mass is 189 g/mol. The molecule has 0 aliphatic heterocycles. The van der Waals surface area contributed by atoms with Gasteiger partial charge < -0.3 is 10.1 Å². The van der Waals surface area contributed by atoms with E-state index in [1.54, 1.807) is 18.5 Å². The Hall–Kier alpha value is -1.68. The summed E-state index contributed by atoms with van der Waals surface area (Å²) in [7, 11) is 0. The Morgan fingerprint density at radius 2 is 2.36 bits per heavy atom. The summed E-state index contributed by atoms with van der Waals surface area (Å²) < 4.78 is 1.88. The molecule has 0 atom stereocenters. The lowest BCUT2D eigenvalue weighted by Gasteiger charge is -2.00. The van der Waals surface area contributed by atoms with Gasteiger partial charge in [-0.25, -0.2) is 4.98 Å². The van der Waals surface area contributed by atoms with E-state index in [2.05, 4.69) is 4.98 Å². The van der Waals surface area contributed by atoms with E-state index >= 15 is 0 Å². The quantitative estimate of drug-likeness (QED) is 0.710. The molecule has 0 amide bonds. The van der Waals surface area contributed by atoms with E-state index in [1.165, 1.54) is 0 Å². The summed E-state index contributed by atoms with van der Waals surface area (Å²) in [5, 5.41) is 0. The van der Waals surface area contributed by atoms with Gasteiger partial charge in [-0.1, -0.05) is 0 Å². The average Bonchev–Trinajstić information content (AvgIpc) is 2.59. The summed E-state index contributed by atoms with van der Waals surface area (Å²) >= 11 is 0. The number of Topliss-reactive ketones (excluding diaryl/α,β-unsaturated/α-hetero) is 1. The molecule has 0 unspecified atom stereocenters. The third-order valence-electron chi connectivity index (χ3n) is 2.22. The number of hydrogen-bond donors (Lipinski definition) is 1. The second kappa shape index (κ2) is 3.23. The molecule has 0 spiro atoms. The van der Waals surface area contributed by atoms with Crippen LogP contribution in [0.25, 0.3) is 5.52 Å². The van der Waals surface area contributed by atoms with Crippen molar-refractivity contribution in [3.63, 3.8) is 0 Å². The number of rotatable bonds is 2. The van der Waals surface area contributed by atoms with Gasteiger partial charge in [-0.05, 0) is 19.1 Å². The molecular formula is C10H11N3O. The fourth-order valence-electron chi connectivity index (χ4n) is 1.40. The molecule has 0 radical (unpaired) electrons. The maximum absolute atomic E-state index is 11.3. The van der Waals surface area contributed by atoms with E-state index in [0.29, 0.717) is 5.56 Å². The molecule has 0 bridgehead atoms. The first-order chi connectivity index (χ1) is 6.72. The van der Waals surface area contributed by atoms with Crippen LogP contribution in [0.5, 0.6) is 0 Å². The van der Waals surface area contributed by atoms with Crippen LogP contribution in [0.2, 0.25) is 0 Å². The minimum atomic E-state index is -0.0556. The van der Waals surface area contributed by atoms with Crippen molar-refractivity contribution in [1.82, 2.24) is 9.38 Å². The lowest BCUT2D eigenvalue weighted by atomic mass is 10.2. The number of aromatic nitrogens is 2. The highest BCUT2D eigenvalue weighted by Gasteiger charge is 2.05. The minimum absolute atomic E-state index is 0.0409. The van der Waals surface area contributed by atoms with E-state index in [0.717, 1.165) is 11.3 Å². The summed E-state index contributed by atoms with van der Waals surface area (Å²) in [5.74, 6) is 0.812. The van der Waals surface area contributed by atoms with Crippen LogP contribution in [-0.4, -0.2) is 21.7 Å². The number of nitrogens with two attached hydrogens (primary N) is 1. The standard InChI is InChI=1S/C10H11N3O/c1-7-12-5-9-3-2-8(6-13(7)9)10(14)4-11/h2-3,5-6H,4,11H2,1H3. The number of aryl methyl sites for hydroxylation is 1. The van der Waals surface area contributed by atoms with Gasteiger partial charge >= 0.3 is 0 Å². The Morgan fingerprint density at radius 1 is 1.57 bits per heavy atom. The fourth-order valence-corrected chi connectivity index (χ4v) is 1.40. The molecule has 2 aromatic rings. The van der Waals surface area contributed by atoms with Crippen LogP contribution < -0.4 is 5.73 Å². The van der Waals surface area contributed by atoms with E-state index in [-0.39, 0.29) is 12.3 Å². The Kier molecular flexibility index (Phi) is 2.05. The van der Waals surface area contributed by atoms with Crippen LogP contribution in [-0.2, 0) is 0 Å². The zero-order chi connectivity index (χ0) is 10.1. The van der Waals surface area contributed by atoms with Crippen molar-refractivity contribution in [2.24, 2.45) is 5.73 Å². The molecule has 14 heavy (non-hydrogen) atoms. The van der Waals surface area contributed by atoms with Gasteiger partial charge in [0.15, 0.2) is 5.78 Å². The molecule has 0 saturated heterocycles. The van der Waals surface area contributed by atoms with Gasteiger partial charge in [0.25, 0.3) is 0 Å². The first-order valence-electron chi connectivity index (χ1n) is 4.39. The van der Waals surface area contributed by atoms with Crippen molar-refractivity contribution in [3.8, 4) is 0 Å². The number of hydrogen-bond acceptors (Lipinski definition) is 3. The number of imidazole rings is 1. The van der Waals surface area contributed by atoms with Gasteiger partial charge in [0.2, 0.25) is 0 Å². The number of nitrogens with zero attached hydrogens (tertiary/aromatic N) is 2. The highest BCUT2D eigenvalue weighted by molar-refractivity contribution is 5.97. The summed E-state index contributed by atoms with van der Waals surface area (Å²) in [6.45, 7) is 1.93. The Morgan fingerprint density at radius 3 is 3.07 bits per heavy atom. The fraction of sp³-hybridized carbons (Fsp3) is 0.200. The van der Waals surface area contributed by atoms with Crippen LogP contribution in [0, 0.1) is 6.92 Å². The van der Waals surface area contributed by atoms with Gasteiger partial charge in [0, 0.05) is 11.8 Å². The molecule has 0 aromatic carbocycles. The zero-order valence-corrected chi connectivity index (χ0v) is 7.90. The molecule has 2 aromatic heterocycles. The lowest BCUT2D eigenvalue weighted by molar-refractivity contribution is 0.100. The SMILES string of the molecule is Cc1ncc2ccc(C(=O)CN)cn12. The van der Waals surface area contributed by atoms with Crippen LogP contribution >= 0.6 is 0 Å². The van der Waals surface area contributed by atoms with Gasteiger partial charge in [0.05, 0.1) is 18.3 Å². The van der Waals surface area contributed by atoms with E-state index < -0.39 is 0 Å². The van der Waals surface area contributed by atoms with Gasteiger partial charge in [0.1, 0.15) is 5.82 Å². The topological polar surface area (TPSA) is 60.4 Å². The maximum atomic E-state index is 11.3. The van der Waals surface area contributed by atoms with E-state index in [4.69, 9.17) is 5.73 Å². The zero-order valence-electron chi connectivity index (χ0n) is 7.90. The normalized spacial score (nSPS) is 10.7. The Labute approximate surface area is 81.4 Å². The second-order valence-corrected chi connectivity index (χ2v) is 3.15. The van der Waals surface area contributed by atoms with Crippen molar-refractivity contribution in [2.45, 2.75) is 6.92 Å². The molecule has 2 rings (SSSR count). The Bertz CT molecular complexity index is 487. The summed E-state index contributed by atoms with van der Waals surface area (Å²) in [6, 6.07) is 3.63. The highest BCUT2D eigenvalue weighted by atomic mass is 16.1. The van der Waals surface area contributed by atoms with Gasteiger partial charge in [-0.2, -0.15) is 0 Å². The van der Waals surface area contributed by atoms with Crippen LogP contribution in [0.1, 0.15) is 16.2 Å². The number of carbonyl (C=O) groups is 1. The highest BCUT2D eigenvalue weighted by Crippen LogP contribution is 2.08. The smallest absolute Gasteiger partial charge is 0.177 e. The van der Waals surface area contributed by atoms with Crippen molar-refractivity contribution in [3.05, 3.63) is 35.9 Å². The number of fused-ring (bicyclic) bond motifs is 1. The largest absolute Gasteiger partial charge is 0.324 e. The van der Waals surface area contributed by atoms with Gasteiger partial charge in [-0.3, -0.25) is 4.79 Å². The van der Waals surface area contributed by atoms with Gasteiger partial charge in [-0.15, -0.1) is 0 Å². The van der Waals surface area contributed by atoms with Crippen molar-refractivity contribution < 1.29 is 4.79 Å². The first-order valence-corrected chi connectivity index (χ1v) is 4.39. The first kappa shape index (κ1) is 8.90. The molecule has 0 aliphatic carbocycles. The van der Waals surface area contributed by atoms with Crippen LogP contribution in [0.4, 0.5) is 0 Å². The minimum Gasteiger partial charge on any atom is -0.324 e. The Balaban J connectivity index is 2.60. The van der Waals surface area contributed by atoms with Crippen molar-refractivity contribution in [2.75, 3.05) is 6.54 Å². The molecule has 4 heteroatoms. The van der Waals surface area contributed by atoms with E-state index in [9.17, 15) is 4.79 Å². The predicted octanol–water partition coefficient (Wildman–Crippen LogP) is 0.784. The summed E-state index contributed by atoms with van der Waals surface area (Å²) in [5.41, 5.74) is 6.90. The number of carbonyl (C=O) groups excluding carboxylic acids is 1. The molecule has 2 heterocycles. The molecule has 0 saturated carbocycles. The van der Waals surface area contributed by atoms with Crippen molar-refractivity contribution in [1.29, 1.82) is 0 Å². The second-order valence-electron chi connectivity index (χ2n) is 3.15. The van der Waals surface area contributed by atoms with E-state index in [1.807, 2.05) is 17.4 Å². The number of ketones is 1.